The van der Waals surface area contributed by atoms with Crippen LogP contribution < -0.4 is 10.1 Å². The van der Waals surface area contributed by atoms with E-state index < -0.39 is 0 Å². The normalized spacial score (nSPS) is 10.8. The number of nitrogens with zero attached hydrogens (tertiary/aromatic N) is 3. The Hall–Kier alpha value is -1.71. The molecule has 0 aliphatic carbocycles. The lowest BCUT2D eigenvalue weighted by atomic mass is 10.3. The number of hydrogen-bond donors (Lipinski definition) is 1. The molecule has 0 radical (unpaired) electrons. The molecule has 0 atom stereocenters. The van der Waals surface area contributed by atoms with Crippen molar-refractivity contribution in [2.75, 3.05) is 17.7 Å². The van der Waals surface area contributed by atoms with E-state index in [9.17, 15) is 4.79 Å². The molecular formula is C16H15BrN4O2S2. The van der Waals surface area contributed by atoms with Crippen LogP contribution in [0.15, 0.2) is 34.0 Å². The zero-order chi connectivity index (χ0) is 17.8. The molecule has 25 heavy (non-hydrogen) atoms. The van der Waals surface area contributed by atoms with E-state index in [4.69, 9.17) is 4.74 Å². The minimum atomic E-state index is -0.323. The molecule has 0 spiro atoms. The molecule has 1 N–H and O–H groups in total. The highest BCUT2D eigenvalue weighted by Gasteiger charge is 2.16. The number of thioether (sulfide) groups is 1. The van der Waals surface area contributed by atoms with Gasteiger partial charge in [0.25, 0.3) is 5.91 Å². The fourth-order valence-corrected chi connectivity index (χ4v) is 3.88. The number of thiazole rings is 1. The Labute approximate surface area is 161 Å². The molecule has 130 valence electrons. The van der Waals surface area contributed by atoms with Crippen molar-refractivity contribution in [3.8, 4) is 5.75 Å². The number of ether oxygens (including phenoxy) is 1. The lowest BCUT2D eigenvalue weighted by Gasteiger charge is -2.04. The maximum absolute atomic E-state index is 12.5. The molecule has 1 aromatic carbocycles. The average Bonchev–Trinajstić information content (AvgIpc) is 2.98. The Morgan fingerprint density at radius 1 is 1.36 bits per heavy atom. The molecule has 1 amide bonds. The first-order chi connectivity index (χ1) is 12.1. The maximum atomic E-state index is 12.5. The molecule has 0 fully saturated rings. The van der Waals surface area contributed by atoms with Gasteiger partial charge >= 0.3 is 0 Å². The fraction of sp³-hybridized carbons (Fsp3) is 0.250. The topological polar surface area (TPSA) is 77.0 Å². The Bertz CT molecular complexity index is 916. The highest BCUT2D eigenvalue weighted by atomic mass is 79.9. The summed E-state index contributed by atoms with van der Waals surface area (Å²) in [6.45, 7) is 4.55. The molecule has 2 heterocycles. The molecule has 0 unspecified atom stereocenters. The van der Waals surface area contributed by atoms with Crippen molar-refractivity contribution in [3.63, 3.8) is 0 Å². The number of rotatable bonds is 6. The van der Waals surface area contributed by atoms with E-state index >= 15 is 0 Å². The van der Waals surface area contributed by atoms with Crippen LogP contribution in [0.3, 0.4) is 0 Å². The van der Waals surface area contributed by atoms with Gasteiger partial charge in [-0.25, -0.2) is 15.0 Å². The molecular weight excluding hydrogens is 424 g/mol. The Morgan fingerprint density at radius 3 is 2.96 bits per heavy atom. The van der Waals surface area contributed by atoms with Crippen LogP contribution in [0.4, 0.5) is 5.13 Å². The van der Waals surface area contributed by atoms with Gasteiger partial charge in [0, 0.05) is 6.20 Å². The van der Waals surface area contributed by atoms with E-state index in [0.717, 1.165) is 21.7 Å². The van der Waals surface area contributed by atoms with E-state index in [0.29, 0.717) is 27.1 Å². The third-order valence-electron chi connectivity index (χ3n) is 3.10. The van der Waals surface area contributed by atoms with Crippen LogP contribution in [0.2, 0.25) is 0 Å². The first-order valence-corrected chi connectivity index (χ1v) is 10.2. The number of benzene rings is 1. The zero-order valence-corrected chi connectivity index (χ0v) is 16.8. The summed E-state index contributed by atoms with van der Waals surface area (Å²) in [4.78, 5) is 25.5. The quantitative estimate of drug-likeness (QED) is 0.447. The second-order valence-electron chi connectivity index (χ2n) is 4.82. The van der Waals surface area contributed by atoms with E-state index in [1.807, 2.05) is 32.0 Å². The number of carbonyl (C=O) groups excluding carboxylic acids is 1. The number of anilines is 1. The van der Waals surface area contributed by atoms with Gasteiger partial charge in [-0.05, 0) is 46.8 Å². The van der Waals surface area contributed by atoms with E-state index in [1.54, 1.807) is 6.20 Å². The molecule has 3 aromatic rings. The lowest BCUT2D eigenvalue weighted by Crippen LogP contribution is -2.15. The summed E-state index contributed by atoms with van der Waals surface area (Å²) in [6.07, 6.45) is 1.59. The molecule has 3 rings (SSSR count). The van der Waals surface area contributed by atoms with Crippen LogP contribution in [0.25, 0.3) is 10.2 Å². The predicted octanol–water partition coefficient (Wildman–Crippen LogP) is 4.61. The number of nitrogens with one attached hydrogen (secondary N) is 1. The molecule has 6 nitrogen and oxygen atoms in total. The van der Waals surface area contributed by atoms with Gasteiger partial charge in [0.1, 0.15) is 11.4 Å². The lowest BCUT2D eigenvalue weighted by molar-refractivity contribution is 0.102. The molecule has 9 heteroatoms. The summed E-state index contributed by atoms with van der Waals surface area (Å²) >= 11 is 6.20. The van der Waals surface area contributed by atoms with Crippen molar-refractivity contribution in [1.82, 2.24) is 15.0 Å². The Balaban J connectivity index is 1.83. The minimum Gasteiger partial charge on any atom is -0.494 e. The van der Waals surface area contributed by atoms with Crippen molar-refractivity contribution in [2.45, 2.75) is 19.0 Å². The standard InChI is InChI=1S/C16H15BrN4O2S2/c1-3-23-9-5-6-11-12(7-9)25-16(19-11)21-14(22)13-10(17)8-18-15(20-13)24-4-2/h5-8H,3-4H2,1-2H3,(H,19,21,22). The highest BCUT2D eigenvalue weighted by Crippen LogP contribution is 2.30. The van der Waals surface area contributed by atoms with Crippen LogP contribution in [0, 0.1) is 0 Å². The smallest absolute Gasteiger partial charge is 0.277 e. The van der Waals surface area contributed by atoms with Crippen molar-refractivity contribution >= 4 is 60.3 Å². The minimum absolute atomic E-state index is 0.292. The molecule has 0 aliphatic rings. The maximum Gasteiger partial charge on any atom is 0.277 e. The number of amides is 1. The Kier molecular flexibility index (Phi) is 5.87. The van der Waals surface area contributed by atoms with Crippen molar-refractivity contribution in [3.05, 3.63) is 34.6 Å². The van der Waals surface area contributed by atoms with Gasteiger partial charge in [-0.3, -0.25) is 10.1 Å². The zero-order valence-electron chi connectivity index (χ0n) is 13.6. The monoisotopic (exact) mass is 438 g/mol. The molecule has 0 aliphatic heterocycles. The number of carbonyl (C=O) groups is 1. The second kappa shape index (κ2) is 8.11. The Morgan fingerprint density at radius 2 is 2.20 bits per heavy atom. The summed E-state index contributed by atoms with van der Waals surface area (Å²) in [5.74, 6) is 1.30. The molecule has 2 aromatic heterocycles. The SMILES string of the molecule is CCOc1ccc2nc(NC(=O)c3nc(SCC)ncc3Br)sc2c1. The van der Waals surface area contributed by atoms with Gasteiger partial charge < -0.3 is 4.74 Å². The van der Waals surface area contributed by atoms with Crippen LogP contribution in [-0.2, 0) is 0 Å². The third-order valence-corrected chi connectivity index (χ3v) is 5.36. The van der Waals surface area contributed by atoms with Gasteiger partial charge in [0.15, 0.2) is 10.3 Å². The summed E-state index contributed by atoms with van der Waals surface area (Å²) in [7, 11) is 0. The van der Waals surface area contributed by atoms with Crippen LogP contribution >= 0.6 is 39.0 Å². The molecule has 0 saturated heterocycles. The first-order valence-electron chi connectivity index (χ1n) is 7.60. The van der Waals surface area contributed by atoms with Crippen LogP contribution in [0.5, 0.6) is 5.75 Å². The predicted molar refractivity (Wildman–Crippen MR) is 105 cm³/mol. The van der Waals surface area contributed by atoms with Crippen molar-refractivity contribution in [2.24, 2.45) is 0 Å². The fourth-order valence-electron chi connectivity index (χ4n) is 2.08. The third kappa shape index (κ3) is 4.28. The van der Waals surface area contributed by atoms with Crippen molar-refractivity contribution < 1.29 is 9.53 Å². The van der Waals surface area contributed by atoms with Crippen LogP contribution in [-0.4, -0.2) is 33.2 Å². The van der Waals surface area contributed by atoms with E-state index in [2.05, 4.69) is 36.2 Å². The first kappa shape index (κ1) is 18.1. The molecule has 0 bridgehead atoms. The number of fused-ring (bicyclic) bond motifs is 1. The average molecular weight is 439 g/mol. The number of aromatic nitrogens is 3. The van der Waals surface area contributed by atoms with Crippen LogP contribution in [0.1, 0.15) is 24.3 Å². The number of halogens is 1. The van der Waals surface area contributed by atoms with Gasteiger partial charge in [0.2, 0.25) is 0 Å². The van der Waals surface area contributed by atoms with Gasteiger partial charge in [0.05, 0.1) is 21.3 Å². The van der Waals surface area contributed by atoms with Gasteiger partial charge in [-0.2, -0.15) is 0 Å². The van der Waals surface area contributed by atoms with E-state index in [1.165, 1.54) is 23.1 Å². The second-order valence-corrected chi connectivity index (χ2v) is 7.93. The summed E-state index contributed by atoms with van der Waals surface area (Å²) in [6, 6.07) is 5.66. The molecule has 0 saturated carbocycles. The largest absolute Gasteiger partial charge is 0.494 e. The number of hydrogen-bond acceptors (Lipinski definition) is 7. The van der Waals surface area contributed by atoms with E-state index in [-0.39, 0.29) is 5.91 Å². The van der Waals surface area contributed by atoms with Gasteiger partial charge in [-0.1, -0.05) is 30.0 Å². The summed E-state index contributed by atoms with van der Waals surface area (Å²) in [5, 5.41) is 3.90. The summed E-state index contributed by atoms with van der Waals surface area (Å²) in [5.41, 5.74) is 1.10. The highest BCUT2D eigenvalue weighted by molar-refractivity contribution is 9.10. The summed E-state index contributed by atoms with van der Waals surface area (Å²) < 4.78 is 6.99. The van der Waals surface area contributed by atoms with Gasteiger partial charge in [-0.15, -0.1) is 0 Å². The van der Waals surface area contributed by atoms with Crippen molar-refractivity contribution in [1.29, 1.82) is 0 Å².